The van der Waals surface area contributed by atoms with Crippen LogP contribution in [0.5, 0.6) is 5.75 Å². The van der Waals surface area contributed by atoms with Crippen molar-refractivity contribution in [1.82, 2.24) is 10.2 Å². The highest BCUT2D eigenvalue weighted by atomic mass is 35.5. The Bertz CT molecular complexity index is 916. The van der Waals surface area contributed by atoms with Crippen LogP contribution < -0.4 is 4.74 Å². The number of fused-ring (bicyclic) bond motifs is 1. The number of aryl methyl sites for hydroxylation is 1. The number of ether oxygens (including phenoxy) is 1. The van der Waals surface area contributed by atoms with Crippen LogP contribution in [0.4, 0.5) is 5.69 Å². The molecule has 0 spiro atoms. The van der Waals surface area contributed by atoms with Crippen molar-refractivity contribution in [3.05, 3.63) is 58.5 Å². The lowest BCUT2D eigenvalue weighted by atomic mass is 10.0. The van der Waals surface area contributed by atoms with Crippen molar-refractivity contribution < 1.29 is 4.74 Å². The maximum absolute atomic E-state index is 7.10. The van der Waals surface area contributed by atoms with E-state index in [1.807, 2.05) is 31.2 Å². The van der Waals surface area contributed by atoms with Crippen LogP contribution in [0.25, 0.3) is 26.9 Å². The molecule has 0 radical (unpaired) electrons. The highest BCUT2D eigenvalue weighted by Gasteiger charge is 2.14. The maximum atomic E-state index is 7.10. The molecule has 1 heterocycles. The van der Waals surface area contributed by atoms with Crippen molar-refractivity contribution in [2.75, 3.05) is 7.11 Å². The Balaban J connectivity index is 2.34. The Kier molecular flexibility index (Phi) is 3.66. The van der Waals surface area contributed by atoms with Crippen LogP contribution in [0.3, 0.4) is 0 Å². The third-order valence-electron chi connectivity index (χ3n) is 3.46. The molecular formula is C17H12ClN3O. The third kappa shape index (κ3) is 2.36. The predicted molar refractivity (Wildman–Crippen MR) is 87.5 cm³/mol. The first-order chi connectivity index (χ1) is 10.6. The molecule has 0 atom stereocenters. The van der Waals surface area contributed by atoms with E-state index in [0.717, 1.165) is 21.9 Å². The number of aromatic nitrogens is 2. The Hall–Kier alpha value is -2.64. The predicted octanol–water partition coefficient (Wildman–Crippen LogP) is 4.82. The van der Waals surface area contributed by atoms with Gasteiger partial charge >= 0.3 is 0 Å². The first-order valence-electron chi connectivity index (χ1n) is 6.62. The van der Waals surface area contributed by atoms with E-state index in [9.17, 15) is 0 Å². The van der Waals surface area contributed by atoms with E-state index in [1.54, 1.807) is 19.2 Å². The highest BCUT2D eigenvalue weighted by molar-refractivity contribution is 6.34. The van der Waals surface area contributed by atoms with Gasteiger partial charge in [0.05, 0.1) is 13.7 Å². The zero-order valence-electron chi connectivity index (χ0n) is 12.1. The number of halogens is 1. The fraction of sp³-hybridized carbons (Fsp3) is 0.118. The summed E-state index contributed by atoms with van der Waals surface area (Å²) in [6, 6.07) is 11.2. The van der Waals surface area contributed by atoms with Crippen molar-refractivity contribution in [3.63, 3.8) is 0 Å². The lowest BCUT2D eigenvalue weighted by Crippen LogP contribution is -1.95. The normalized spacial score (nSPS) is 10.5. The summed E-state index contributed by atoms with van der Waals surface area (Å²) in [5.74, 6) is 0.591. The summed E-state index contributed by atoms with van der Waals surface area (Å²) < 4.78 is 5.41. The minimum Gasteiger partial charge on any atom is -0.497 e. The molecule has 4 nitrogen and oxygen atoms in total. The van der Waals surface area contributed by atoms with E-state index in [2.05, 4.69) is 15.0 Å². The van der Waals surface area contributed by atoms with Crippen LogP contribution in [-0.4, -0.2) is 17.3 Å². The molecule has 108 valence electrons. The second-order valence-electron chi connectivity index (χ2n) is 4.88. The Morgan fingerprint density at radius 3 is 2.64 bits per heavy atom. The zero-order valence-corrected chi connectivity index (χ0v) is 12.8. The molecule has 0 aliphatic rings. The summed E-state index contributed by atoms with van der Waals surface area (Å²) in [7, 11) is 1.57. The van der Waals surface area contributed by atoms with Crippen molar-refractivity contribution >= 4 is 28.1 Å². The molecule has 3 rings (SSSR count). The topological polar surface area (TPSA) is 39.4 Å². The van der Waals surface area contributed by atoms with Gasteiger partial charge in [-0.05, 0) is 19.1 Å². The van der Waals surface area contributed by atoms with E-state index >= 15 is 0 Å². The summed E-state index contributed by atoms with van der Waals surface area (Å²) in [5, 5.41) is 10.4. The number of hydrogen-bond donors (Lipinski definition) is 0. The van der Waals surface area contributed by atoms with Crippen molar-refractivity contribution in [1.29, 1.82) is 0 Å². The van der Waals surface area contributed by atoms with E-state index in [0.29, 0.717) is 22.3 Å². The summed E-state index contributed by atoms with van der Waals surface area (Å²) >= 11 is 6.15. The molecule has 0 aliphatic heterocycles. The van der Waals surface area contributed by atoms with Crippen LogP contribution in [0.15, 0.2) is 36.4 Å². The van der Waals surface area contributed by atoms with Gasteiger partial charge < -0.3 is 4.74 Å². The van der Waals surface area contributed by atoms with Gasteiger partial charge in [-0.1, -0.05) is 41.4 Å². The van der Waals surface area contributed by atoms with Gasteiger partial charge in [0.25, 0.3) is 0 Å². The molecule has 0 amide bonds. The van der Waals surface area contributed by atoms with Gasteiger partial charge in [0.2, 0.25) is 0 Å². The summed E-state index contributed by atoms with van der Waals surface area (Å²) in [4.78, 5) is 3.42. The third-order valence-corrected chi connectivity index (χ3v) is 3.74. The van der Waals surface area contributed by atoms with Crippen molar-refractivity contribution in [2.45, 2.75) is 6.92 Å². The first kappa shape index (κ1) is 14.3. The number of rotatable bonds is 2. The Morgan fingerprint density at radius 2 is 1.91 bits per heavy atom. The minimum absolute atomic E-state index is 0.371. The molecule has 0 N–H and O–H groups in total. The van der Waals surface area contributed by atoms with Gasteiger partial charge in [-0.2, -0.15) is 0 Å². The number of nitrogens with zero attached hydrogens (tertiary/aromatic N) is 3. The standard InChI is InChI=1S/C17H12ClN3O/c1-10-4-6-12-14(8-10)16(20-21-17(12)18)13-7-5-11(19-2)9-15(13)22-3/h4-9H,1,3H3. The summed E-state index contributed by atoms with van der Waals surface area (Å²) in [6.07, 6.45) is 0. The fourth-order valence-electron chi connectivity index (χ4n) is 2.38. The average molecular weight is 310 g/mol. The molecule has 3 aromatic rings. The van der Waals surface area contributed by atoms with Gasteiger partial charge in [0.1, 0.15) is 11.4 Å². The molecule has 5 heteroatoms. The SMILES string of the molecule is [C-]#[N+]c1ccc(-c2nnc(Cl)c3ccc(C)cc23)c(OC)c1. The average Bonchev–Trinajstić information content (AvgIpc) is 2.54. The van der Waals surface area contributed by atoms with Crippen molar-refractivity contribution in [3.8, 4) is 17.0 Å². The van der Waals surface area contributed by atoms with Crippen LogP contribution in [-0.2, 0) is 0 Å². The second-order valence-corrected chi connectivity index (χ2v) is 5.24. The van der Waals surface area contributed by atoms with Crippen LogP contribution in [0.2, 0.25) is 5.15 Å². The molecule has 1 aromatic heterocycles. The van der Waals surface area contributed by atoms with Gasteiger partial charge in [0.15, 0.2) is 10.8 Å². The lowest BCUT2D eigenvalue weighted by molar-refractivity contribution is 0.416. The van der Waals surface area contributed by atoms with Crippen LogP contribution in [0, 0.1) is 13.5 Å². The fourth-order valence-corrected chi connectivity index (χ4v) is 2.58. The van der Waals surface area contributed by atoms with E-state index in [-0.39, 0.29) is 0 Å². The number of hydrogen-bond acceptors (Lipinski definition) is 3. The molecule has 0 aliphatic carbocycles. The zero-order chi connectivity index (χ0) is 15.7. The van der Waals surface area contributed by atoms with Crippen LogP contribution >= 0.6 is 11.6 Å². The summed E-state index contributed by atoms with van der Waals surface area (Å²) in [5.41, 5.74) is 3.10. The van der Waals surface area contributed by atoms with E-state index in [1.165, 1.54) is 0 Å². The van der Waals surface area contributed by atoms with Crippen molar-refractivity contribution in [2.24, 2.45) is 0 Å². The second kappa shape index (κ2) is 5.63. The molecule has 0 bridgehead atoms. The maximum Gasteiger partial charge on any atom is 0.190 e. The van der Waals surface area contributed by atoms with E-state index in [4.69, 9.17) is 22.9 Å². The monoisotopic (exact) mass is 309 g/mol. The molecule has 22 heavy (non-hydrogen) atoms. The first-order valence-corrected chi connectivity index (χ1v) is 7.00. The smallest absolute Gasteiger partial charge is 0.190 e. The van der Waals surface area contributed by atoms with Crippen LogP contribution in [0.1, 0.15) is 5.56 Å². The molecule has 2 aromatic carbocycles. The molecule has 0 fully saturated rings. The minimum atomic E-state index is 0.371. The quantitative estimate of drug-likeness (QED) is 0.637. The number of benzene rings is 2. The highest BCUT2D eigenvalue weighted by Crippen LogP contribution is 2.37. The Morgan fingerprint density at radius 1 is 1.09 bits per heavy atom. The number of methoxy groups -OCH3 is 1. The van der Waals surface area contributed by atoms with Gasteiger partial charge in [-0.25, -0.2) is 4.85 Å². The van der Waals surface area contributed by atoms with Gasteiger partial charge in [-0.3, -0.25) is 0 Å². The molecule has 0 saturated heterocycles. The lowest BCUT2D eigenvalue weighted by Gasteiger charge is -2.11. The van der Waals surface area contributed by atoms with E-state index < -0.39 is 0 Å². The Labute approximate surface area is 133 Å². The largest absolute Gasteiger partial charge is 0.497 e. The van der Waals surface area contributed by atoms with Gasteiger partial charge in [0, 0.05) is 16.3 Å². The molecule has 0 unspecified atom stereocenters. The molecule has 0 saturated carbocycles. The van der Waals surface area contributed by atoms with Gasteiger partial charge in [-0.15, -0.1) is 10.2 Å². The summed E-state index contributed by atoms with van der Waals surface area (Å²) in [6.45, 7) is 9.11. The molecular weight excluding hydrogens is 298 g/mol.